The Morgan fingerprint density at radius 3 is 2.88 bits per heavy atom. The first-order chi connectivity index (χ1) is 8.08. The van der Waals surface area contributed by atoms with Crippen molar-refractivity contribution in [1.29, 1.82) is 0 Å². The fourth-order valence-electron chi connectivity index (χ4n) is 1.63. The topological polar surface area (TPSA) is 46.2 Å². The maximum atomic E-state index is 12.2. The van der Waals surface area contributed by atoms with Gasteiger partial charge in [-0.2, -0.15) is 0 Å². The smallest absolute Gasteiger partial charge is 0.186 e. The van der Waals surface area contributed by atoms with Crippen molar-refractivity contribution in [2.75, 3.05) is 0 Å². The predicted molar refractivity (Wildman–Crippen MR) is 69.2 cm³/mol. The number of hydrogen-bond donors (Lipinski definition) is 1. The molecule has 1 unspecified atom stereocenters. The highest BCUT2D eigenvalue weighted by atomic mass is 79.9. The van der Waals surface area contributed by atoms with Gasteiger partial charge >= 0.3 is 0 Å². The Hall–Kier alpha value is -1.13. The summed E-state index contributed by atoms with van der Waals surface area (Å²) < 4.78 is 0.638. The molecule has 88 valence electrons. The first kappa shape index (κ1) is 12.3. The molecular weight excluding hydrogens is 305 g/mol. The lowest BCUT2D eigenvalue weighted by atomic mass is 9.98. The average Bonchev–Trinajstić information content (AvgIpc) is 2.28. The highest BCUT2D eigenvalue weighted by Crippen LogP contribution is 2.23. The summed E-state index contributed by atoms with van der Waals surface area (Å²) in [5.74, 6) is -0.168. The van der Waals surface area contributed by atoms with Crippen LogP contribution in [-0.4, -0.2) is 17.6 Å². The summed E-state index contributed by atoms with van der Waals surface area (Å²) in [6.07, 6.45) is 3.13. The lowest BCUT2D eigenvalue weighted by molar-refractivity contribution is -0.115. The Labute approximate surface area is 112 Å². The van der Waals surface area contributed by atoms with Gasteiger partial charge in [0.25, 0.3) is 0 Å². The number of rotatable bonds is 2. The minimum absolute atomic E-state index is 0.0489. The van der Waals surface area contributed by atoms with Crippen LogP contribution in [0, 0.1) is 0 Å². The number of halogens is 2. The maximum Gasteiger partial charge on any atom is 0.186 e. The average molecular weight is 315 g/mol. The minimum Gasteiger partial charge on any atom is -0.380 e. The van der Waals surface area contributed by atoms with Crippen LogP contribution in [0.2, 0.25) is 5.02 Å². The number of benzene rings is 1. The van der Waals surface area contributed by atoms with Gasteiger partial charge in [-0.05, 0) is 40.2 Å². The van der Waals surface area contributed by atoms with E-state index in [1.165, 1.54) is 12.3 Å². The fraction of sp³-hybridized carbons (Fsp3) is 0.167. The Bertz CT molecular complexity index is 513. The van der Waals surface area contributed by atoms with E-state index in [4.69, 9.17) is 11.6 Å². The molecule has 1 aliphatic rings. The van der Waals surface area contributed by atoms with Gasteiger partial charge < -0.3 is 5.32 Å². The third kappa shape index (κ3) is 2.76. The standard InChI is InChI=1S/C12H9BrClNO2/c13-10-5-7(14)1-2-9(10)12(17)11-6-8(16)3-4-15-11/h1-5,11,15H,6H2. The van der Waals surface area contributed by atoms with Gasteiger partial charge in [-0.3, -0.25) is 9.59 Å². The minimum atomic E-state index is -0.495. The van der Waals surface area contributed by atoms with Crippen molar-refractivity contribution in [3.8, 4) is 0 Å². The van der Waals surface area contributed by atoms with Crippen molar-refractivity contribution < 1.29 is 9.59 Å². The Morgan fingerprint density at radius 2 is 2.24 bits per heavy atom. The van der Waals surface area contributed by atoms with Crippen LogP contribution in [0.3, 0.4) is 0 Å². The maximum absolute atomic E-state index is 12.2. The van der Waals surface area contributed by atoms with E-state index in [0.29, 0.717) is 15.1 Å². The zero-order valence-corrected chi connectivity index (χ0v) is 11.1. The van der Waals surface area contributed by atoms with E-state index in [9.17, 15) is 9.59 Å². The summed E-state index contributed by atoms with van der Waals surface area (Å²) in [6, 6.07) is 4.47. The molecule has 0 amide bonds. The third-order valence-corrected chi connectivity index (χ3v) is 3.38. The molecule has 1 N–H and O–H groups in total. The summed E-state index contributed by atoms with van der Waals surface area (Å²) in [5, 5.41) is 3.44. The molecule has 1 aliphatic heterocycles. The quantitative estimate of drug-likeness (QED) is 0.854. The van der Waals surface area contributed by atoms with Gasteiger partial charge in [0.05, 0.1) is 6.04 Å². The van der Waals surface area contributed by atoms with Crippen molar-refractivity contribution >= 4 is 39.1 Å². The molecule has 0 aromatic heterocycles. The number of allylic oxidation sites excluding steroid dienone is 1. The zero-order chi connectivity index (χ0) is 12.4. The summed E-state index contributed by atoms with van der Waals surface area (Å²) >= 11 is 9.10. The van der Waals surface area contributed by atoms with Crippen molar-refractivity contribution in [3.63, 3.8) is 0 Å². The predicted octanol–water partition coefficient (Wildman–Crippen LogP) is 2.73. The van der Waals surface area contributed by atoms with Gasteiger partial charge in [-0.1, -0.05) is 11.6 Å². The molecule has 17 heavy (non-hydrogen) atoms. The molecule has 5 heteroatoms. The van der Waals surface area contributed by atoms with Crippen molar-refractivity contribution in [2.45, 2.75) is 12.5 Å². The van der Waals surface area contributed by atoms with E-state index in [0.717, 1.165) is 0 Å². The van der Waals surface area contributed by atoms with Gasteiger partial charge in [-0.15, -0.1) is 0 Å². The van der Waals surface area contributed by atoms with E-state index < -0.39 is 6.04 Å². The first-order valence-corrected chi connectivity index (χ1v) is 6.20. The first-order valence-electron chi connectivity index (χ1n) is 5.02. The zero-order valence-electron chi connectivity index (χ0n) is 8.74. The fourth-order valence-corrected chi connectivity index (χ4v) is 2.51. The second-order valence-corrected chi connectivity index (χ2v) is 5.00. The van der Waals surface area contributed by atoms with Crippen molar-refractivity contribution in [3.05, 3.63) is 45.5 Å². The molecule has 0 aliphatic carbocycles. The van der Waals surface area contributed by atoms with E-state index in [1.54, 1.807) is 18.2 Å². The van der Waals surface area contributed by atoms with E-state index in [-0.39, 0.29) is 18.0 Å². The van der Waals surface area contributed by atoms with Crippen LogP contribution in [0.4, 0.5) is 0 Å². The highest BCUT2D eigenvalue weighted by molar-refractivity contribution is 9.10. The normalized spacial score (nSPS) is 18.9. The van der Waals surface area contributed by atoms with Gasteiger partial charge in [0.2, 0.25) is 0 Å². The molecule has 3 nitrogen and oxygen atoms in total. The summed E-state index contributed by atoms with van der Waals surface area (Å²) in [7, 11) is 0. The van der Waals surface area contributed by atoms with E-state index >= 15 is 0 Å². The lowest BCUT2D eigenvalue weighted by Gasteiger charge is -2.18. The molecule has 0 spiro atoms. The number of nitrogens with one attached hydrogen (secondary N) is 1. The third-order valence-electron chi connectivity index (χ3n) is 2.49. The molecule has 0 bridgehead atoms. The van der Waals surface area contributed by atoms with Gasteiger partial charge in [0.1, 0.15) is 0 Å². The molecule has 2 rings (SSSR count). The SMILES string of the molecule is O=C1C=CNC(C(=O)c2ccc(Cl)cc2Br)C1. The van der Waals surface area contributed by atoms with Crippen molar-refractivity contribution in [2.24, 2.45) is 0 Å². The second kappa shape index (κ2) is 5.02. The molecular formula is C12H9BrClNO2. The highest BCUT2D eigenvalue weighted by Gasteiger charge is 2.24. The molecule has 1 heterocycles. The van der Waals surface area contributed by atoms with Crippen LogP contribution < -0.4 is 5.32 Å². The molecule has 0 fully saturated rings. The van der Waals surface area contributed by atoms with Crippen LogP contribution in [0.1, 0.15) is 16.8 Å². The lowest BCUT2D eigenvalue weighted by Crippen LogP contribution is -2.38. The number of ketones is 2. The Kier molecular flexibility index (Phi) is 3.64. The molecule has 1 aromatic rings. The van der Waals surface area contributed by atoms with Crippen LogP contribution in [0.15, 0.2) is 34.9 Å². The second-order valence-electron chi connectivity index (χ2n) is 3.71. The number of Topliss-reactive ketones (excluding diaryl/α,β-unsaturated/α-hetero) is 1. The summed E-state index contributed by atoms with van der Waals surface area (Å²) in [5.41, 5.74) is 0.523. The molecule has 0 radical (unpaired) electrons. The largest absolute Gasteiger partial charge is 0.380 e. The van der Waals surface area contributed by atoms with Gasteiger partial charge in [0, 0.05) is 27.7 Å². The molecule has 1 aromatic carbocycles. The Morgan fingerprint density at radius 1 is 1.47 bits per heavy atom. The summed E-state index contributed by atoms with van der Waals surface area (Å²) in [4.78, 5) is 23.4. The molecule has 0 saturated heterocycles. The van der Waals surface area contributed by atoms with E-state index in [1.807, 2.05) is 0 Å². The number of hydrogen-bond acceptors (Lipinski definition) is 3. The molecule has 1 atom stereocenters. The monoisotopic (exact) mass is 313 g/mol. The van der Waals surface area contributed by atoms with Gasteiger partial charge in [0.15, 0.2) is 11.6 Å². The number of carbonyl (C=O) groups is 2. The molecule has 0 saturated carbocycles. The van der Waals surface area contributed by atoms with Crippen LogP contribution >= 0.6 is 27.5 Å². The Balaban J connectivity index is 2.25. The van der Waals surface area contributed by atoms with Crippen LogP contribution in [0.25, 0.3) is 0 Å². The van der Waals surface area contributed by atoms with Crippen LogP contribution in [-0.2, 0) is 4.79 Å². The van der Waals surface area contributed by atoms with Crippen LogP contribution in [0.5, 0.6) is 0 Å². The summed E-state index contributed by atoms with van der Waals surface area (Å²) in [6.45, 7) is 0. The van der Waals surface area contributed by atoms with Crippen molar-refractivity contribution in [1.82, 2.24) is 5.32 Å². The number of carbonyl (C=O) groups excluding carboxylic acids is 2. The van der Waals surface area contributed by atoms with E-state index in [2.05, 4.69) is 21.2 Å². The van der Waals surface area contributed by atoms with Gasteiger partial charge in [-0.25, -0.2) is 0 Å².